The molecule has 0 saturated carbocycles. The maximum Gasteiger partial charge on any atom is 0.339 e. The average molecular weight is 237 g/mol. The summed E-state index contributed by atoms with van der Waals surface area (Å²) in [7, 11) is 1.25. The van der Waals surface area contributed by atoms with Crippen LogP contribution in [0.25, 0.3) is 10.2 Å². The first-order valence-corrected chi connectivity index (χ1v) is 5.57. The molecule has 1 heterocycles. The maximum absolute atomic E-state index is 11.3. The van der Waals surface area contributed by atoms with Crippen LogP contribution in [0.3, 0.4) is 0 Å². The molecule has 1 N–H and O–H groups in total. The van der Waals surface area contributed by atoms with Crippen molar-refractivity contribution in [2.75, 3.05) is 7.11 Å². The summed E-state index contributed by atoms with van der Waals surface area (Å²) < 4.78 is 5.35. The Morgan fingerprint density at radius 3 is 3.00 bits per heavy atom. The zero-order chi connectivity index (χ0) is 11.7. The van der Waals surface area contributed by atoms with Crippen molar-refractivity contribution >= 4 is 27.5 Å². The van der Waals surface area contributed by atoms with Gasteiger partial charge in [0.1, 0.15) is 0 Å². The molecular weight excluding hydrogens is 226 g/mol. The molecule has 1 atom stereocenters. The van der Waals surface area contributed by atoms with Crippen LogP contribution in [0.2, 0.25) is 0 Å². The molecule has 0 aliphatic rings. The van der Waals surface area contributed by atoms with Crippen LogP contribution in [-0.4, -0.2) is 23.2 Å². The number of aliphatic hydroxyl groups is 1. The summed E-state index contributed by atoms with van der Waals surface area (Å²) in [4.78, 5) is 15.6. The van der Waals surface area contributed by atoms with E-state index in [1.807, 2.05) is 13.0 Å². The molecule has 84 valence electrons. The lowest BCUT2D eigenvalue weighted by molar-refractivity contribution is -0.150. The Balaban J connectivity index is 2.55. The number of hydrogen-bond acceptors (Lipinski definition) is 5. The van der Waals surface area contributed by atoms with Gasteiger partial charge in [0.25, 0.3) is 0 Å². The standard InChI is InChI=1S/C11H11NO3S/c1-6-12-8-5-3-4-7(10(8)16-6)9(13)11(14)15-2/h3-5,9,13H,1-2H3. The highest BCUT2D eigenvalue weighted by molar-refractivity contribution is 7.18. The number of aryl methyl sites for hydroxylation is 1. The monoisotopic (exact) mass is 237 g/mol. The molecule has 0 aliphatic carbocycles. The topological polar surface area (TPSA) is 59.4 Å². The van der Waals surface area contributed by atoms with Gasteiger partial charge < -0.3 is 9.84 Å². The smallest absolute Gasteiger partial charge is 0.339 e. The molecule has 2 aromatic rings. The summed E-state index contributed by atoms with van der Waals surface area (Å²) in [5, 5.41) is 10.7. The van der Waals surface area contributed by atoms with Gasteiger partial charge in [0.2, 0.25) is 0 Å². The van der Waals surface area contributed by atoms with Crippen LogP contribution in [0.15, 0.2) is 18.2 Å². The molecule has 0 saturated heterocycles. The number of esters is 1. The number of nitrogens with zero attached hydrogens (tertiary/aromatic N) is 1. The maximum atomic E-state index is 11.3. The Labute approximate surface area is 96.5 Å². The number of fused-ring (bicyclic) bond motifs is 1. The van der Waals surface area contributed by atoms with E-state index in [4.69, 9.17) is 0 Å². The third kappa shape index (κ3) is 1.79. The summed E-state index contributed by atoms with van der Waals surface area (Å²) >= 11 is 1.46. The van der Waals surface area contributed by atoms with Gasteiger partial charge in [0, 0.05) is 5.56 Å². The largest absolute Gasteiger partial charge is 0.467 e. The van der Waals surface area contributed by atoms with Crippen LogP contribution in [0.5, 0.6) is 0 Å². The van der Waals surface area contributed by atoms with Gasteiger partial charge in [-0.2, -0.15) is 0 Å². The van der Waals surface area contributed by atoms with Crippen LogP contribution in [0, 0.1) is 6.92 Å². The highest BCUT2D eigenvalue weighted by Gasteiger charge is 2.21. The first kappa shape index (κ1) is 11.0. The third-order valence-corrected chi connectivity index (χ3v) is 3.31. The molecule has 1 aromatic heterocycles. The van der Waals surface area contributed by atoms with E-state index in [1.165, 1.54) is 18.4 Å². The minimum Gasteiger partial charge on any atom is -0.467 e. The second-order valence-electron chi connectivity index (χ2n) is 3.35. The number of carbonyl (C=O) groups excluding carboxylic acids is 1. The van der Waals surface area contributed by atoms with Gasteiger partial charge in [-0.25, -0.2) is 9.78 Å². The van der Waals surface area contributed by atoms with E-state index in [0.717, 1.165) is 15.2 Å². The van der Waals surface area contributed by atoms with Crippen molar-refractivity contribution in [2.24, 2.45) is 0 Å². The van der Waals surface area contributed by atoms with Gasteiger partial charge in [0.15, 0.2) is 6.10 Å². The average Bonchev–Trinajstić information content (AvgIpc) is 2.66. The van der Waals surface area contributed by atoms with Crippen molar-refractivity contribution in [2.45, 2.75) is 13.0 Å². The number of rotatable bonds is 2. The molecule has 0 bridgehead atoms. The number of carbonyl (C=O) groups is 1. The number of aliphatic hydroxyl groups excluding tert-OH is 1. The fourth-order valence-electron chi connectivity index (χ4n) is 1.54. The number of thiazole rings is 1. The van der Waals surface area contributed by atoms with Gasteiger partial charge in [-0.15, -0.1) is 11.3 Å². The van der Waals surface area contributed by atoms with Gasteiger partial charge in [-0.3, -0.25) is 0 Å². The lowest BCUT2D eigenvalue weighted by Crippen LogP contribution is -2.13. The quantitative estimate of drug-likeness (QED) is 0.809. The fraction of sp³-hybridized carbons (Fsp3) is 0.273. The Kier molecular flexibility index (Phi) is 2.89. The molecule has 1 aromatic carbocycles. The lowest BCUT2D eigenvalue weighted by Gasteiger charge is -2.08. The van der Waals surface area contributed by atoms with E-state index in [9.17, 15) is 9.90 Å². The zero-order valence-electron chi connectivity index (χ0n) is 8.93. The summed E-state index contributed by atoms with van der Waals surface area (Å²) in [6, 6.07) is 5.33. The molecule has 16 heavy (non-hydrogen) atoms. The van der Waals surface area contributed by atoms with Crippen molar-refractivity contribution in [1.29, 1.82) is 0 Å². The molecule has 0 fully saturated rings. The van der Waals surface area contributed by atoms with E-state index in [0.29, 0.717) is 5.56 Å². The Morgan fingerprint density at radius 1 is 1.56 bits per heavy atom. The molecule has 0 aliphatic heterocycles. The zero-order valence-corrected chi connectivity index (χ0v) is 9.75. The highest BCUT2D eigenvalue weighted by Crippen LogP contribution is 2.29. The molecule has 0 amide bonds. The van der Waals surface area contributed by atoms with Crippen LogP contribution in [0.1, 0.15) is 16.7 Å². The fourth-order valence-corrected chi connectivity index (χ4v) is 2.49. The van der Waals surface area contributed by atoms with Crippen LogP contribution >= 0.6 is 11.3 Å². The molecule has 5 heteroatoms. The molecule has 2 rings (SSSR count). The molecule has 1 unspecified atom stereocenters. The number of hydrogen-bond donors (Lipinski definition) is 1. The second-order valence-corrected chi connectivity index (χ2v) is 4.56. The van der Waals surface area contributed by atoms with E-state index >= 15 is 0 Å². The number of benzene rings is 1. The van der Waals surface area contributed by atoms with E-state index in [1.54, 1.807) is 12.1 Å². The van der Waals surface area contributed by atoms with E-state index in [-0.39, 0.29) is 0 Å². The minimum atomic E-state index is -1.24. The van der Waals surface area contributed by atoms with Crippen molar-refractivity contribution in [3.05, 3.63) is 28.8 Å². The Bertz CT molecular complexity index is 535. The predicted molar refractivity (Wildman–Crippen MR) is 61.3 cm³/mol. The summed E-state index contributed by atoms with van der Waals surface area (Å²) in [5.74, 6) is -0.654. The lowest BCUT2D eigenvalue weighted by atomic mass is 10.1. The van der Waals surface area contributed by atoms with Crippen molar-refractivity contribution in [3.63, 3.8) is 0 Å². The molecule has 4 nitrogen and oxygen atoms in total. The van der Waals surface area contributed by atoms with Crippen molar-refractivity contribution < 1.29 is 14.6 Å². The van der Waals surface area contributed by atoms with Crippen LogP contribution < -0.4 is 0 Å². The van der Waals surface area contributed by atoms with E-state index in [2.05, 4.69) is 9.72 Å². The third-order valence-electron chi connectivity index (χ3n) is 2.27. The van der Waals surface area contributed by atoms with Gasteiger partial charge in [-0.1, -0.05) is 12.1 Å². The second kappa shape index (κ2) is 4.19. The number of aromatic nitrogens is 1. The number of methoxy groups -OCH3 is 1. The minimum absolute atomic E-state index is 0.551. The summed E-state index contributed by atoms with van der Waals surface area (Å²) in [6.45, 7) is 1.89. The summed E-state index contributed by atoms with van der Waals surface area (Å²) in [6.07, 6.45) is -1.24. The van der Waals surface area contributed by atoms with Crippen LogP contribution in [-0.2, 0) is 9.53 Å². The highest BCUT2D eigenvalue weighted by atomic mass is 32.1. The SMILES string of the molecule is COC(=O)C(O)c1cccc2nc(C)sc12. The Hall–Kier alpha value is -1.46. The van der Waals surface area contributed by atoms with E-state index < -0.39 is 12.1 Å². The van der Waals surface area contributed by atoms with Gasteiger partial charge >= 0.3 is 5.97 Å². The molecular formula is C11H11NO3S. The summed E-state index contributed by atoms with van der Waals surface area (Å²) in [5.41, 5.74) is 1.35. The van der Waals surface area contributed by atoms with Crippen molar-refractivity contribution in [3.8, 4) is 0 Å². The molecule has 0 radical (unpaired) electrons. The van der Waals surface area contributed by atoms with Crippen LogP contribution in [0.4, 0.5) is 0 Å². The molecule has 0 spiro atoms. The van der Waals surface area contributed by atoms with Gasteiger partial charge in [-0.05, 0) is 13.0 Å². The normalized spacial score (nSPS) is 12.7. The first-order chi connectivity index (χ1) is 7.63. The number of ether oxygens (including phenoxy) is 1. The predicted octanol–water partition coefficient (Wildman–Crippen LogP) is 1.81. The van der Waals surface area contributed by atoms with Gasteiger partial charge in [0.05, 0.1) is 22.3 Å². The Morgan fingerprint density at radius 2 is 2.31 bits per heavy atom. The first-order valence-electron chi connectivity index (χ1n) is 4.75. The van der Waals surface area contributed by atoms with Crippen molar-refractivity contribution in [1.82, 2.24) is 4.98 Å².